The van der Waals surface area contributed by atoms with Crippen LogP contribution in [0.2, 0.25) is 0 Å². The van der Waals surface area contributed by atoms with Crippen LogP contribution in [0.1, 0.15) is 28.5 Å². The maximum atomic E-state index is 11.5. The Balaban J connectivity index is 2.35. The maximum Gasteiger partial charge on any atom is 0.353 e. The monoisotopic (exact) mass is 318 g/mol. The van der Waals surface area contributed by atoms with Gasteiger partial charge in [0.2, 0.25) is 0 Å². The van der Waals surface area contributed by atoms with Crippen LogP contribution in [0.25, 0.3) is 17.2 Å². The van der Waals surface area contributed by atoms with Crippen LogP contribution >= 0.6 is 0 Å². The summed E-state index contributed by atoms with van der Waals surface area (Å²) in [6.45, 7) is 1.96. The molecule has 1 heterocycles. The molecule has 1 aromatic heterocycles. The van der Waals surface area contributed by atoms with Gasteiger partial charge in [0, 0.05) is 18.8 Å². The lowest BCUT2D eigenvalue weighted by atomic mass is 10.0. The molecule has 0 amide bonds. The zero-order valence-corrected chi connectivity index (χ0v) is 13.6. The van der Waals surface area contributed by atoms with E-state index in [1.807, 2.05) is 67.6 Å². The molecule has 24 heavy (non-hydrogen) atoms. The third-order valence-electron chi connectivity index (χ3n) is 3.52. The van der Waals surface area contributed by atoms with Crippen molar-refractivity contribution in [3.05, 3.63) is 77.7 Å². The lowest BCUT2D eigenvalue weighted by Gasteiger charge is -2.04. The number of aromatic nitrogens is 1. The zero-order valence-electron chi connectivity index (χ0n) is 13.6. The van der Waals surface area contributed by atoms with Gasteiger partial charge in [-0.05, 0) is 18.1 Å². The fourth-order valence-electron chi connectivity index (χ4n) is 2.43. The number of carbonyl (C=O) groups is 1. The van der Waals surface area contributed by atoms with Crippen molar-refractivity contribution < 1.29 is 9.90 Å². The van der Waals surface area contributed by atoms with Crippen LogP contribution in [0.5, 0.6) is 0 Å². The van der Waals surface area contributed by atoms with E-state index in [9.17, 15) is 15.2 Å². The summed E-state index contributed by atoms with van der Waals surface area (Å²) in [7, 11) is 1.63. The second-order valence-corrected chi connectivity index (χ2v) is 5.19. The molecule has 2 rings (SSSR count). The number of benzene rings is 1. The Labute approximate surface area is 141 Å². The van der Waals surface area contributed by atoms with E-state index in [-0.39, 0.29) is 5.69 Å². The molecule has 4 heteroatoms. The van der Waals surface area contributed by atoms with E-state index in [1.165, 1.54) is 4.57 Å². The van der Waals surface area contributed by atoms with Crippen molar-refractivity contribution in [2.24, 2.45) is 7.05 Å². The van der Waals surface area contributed by atoms with Gasteiger partial charge in [0.25, 0.3) is 0 Å². The number of carboxylic acids is 1. The van der Waals surface area contributed by atoms with Crippen LogP contribution in [-0.2, 0) is 7.05 Å². The van der Waals surface area contributed by atoms with E-state index in [0.29, 0.717) is 16.7 Å². The molecular formula is C20H18N2O2. The topological polar surface area (TPSA) is 66.0 Å². The Morgan fingerprint density at radius 2 is 1.83 bits per heavy atom. The average molecular weight is 318 g/mol. The minimum atomic E-state index is -1.05. The lowest BCUT2D eigenvalue weighted by Crippen LogP contribution is -2.05. The molecule has 0 aliphatic rings. The van der Waals surface area contributed by atoms with Crippen molar-refractivity contribution >= 4 is 12.0 Å². The van der Waals surface area contributed by atoms with Gasteiger partial charge in [0.05, 0.1) is 5.56 Å². The fourth-order valence-corrected chi connectivity index (χ4v) is 2.43. The average Bonchev–Trinajstić information content (AvgIpc) is 2.92. The van der Waals surface area contributed by atoms with Gasteiger partial charge in [0.1, 0.15) is 11.8 Å². The number of hydrogen-bond donors (Lipinski definition) is 1. The highest BCUT2D eigenvalue weighted by Gasteiger charge is 2.20. The molecule has 1 N–H and O–H groups in total. The number of hydrogen-bond acceptors (Lipinski definition) is 2. The minimum absolute atomic E-state index is 0.115. The first kappa shape index (κ1) is 17.0. The number of carboxylic acid groups (broad SMARTS) is 1. The highest BCUT2D eigenvalue weighted by molar-refractivity contribution is 5.96. The van der Waals surface area contributed by atoms with Gasteiger partial charge in [-0.15, -0.1) is 0 Å². The smallest absolute Gasteiger partial charge is 0.353 e. The standard InChI is InChI=1S/C20H18N2O2/c1-3-4-5-6-7-8-15-9-11-16(12-10-15)18-17(13-21)14-22(2)19(18)20(23)24/h3-12,14H,1-2H3,(H,23,24)/b4-3-,6-5-,8-7+. The number of rotatable bonds is 5. The minimum Gasteiger partial charge on any atom is -0.477 e. The molecule has 0 spiro atoms. The normalized spacial score (nSPS) is 11.5. The van der Waals surface area contributed by atoms with Gasteiger partial charge in [-0.2, -0.15) is 5.26 Å². The van der Waals surface area contributed by atoms with Crippen molar-refractivity contribution in [3.8, 4) is 17.2 Å². The van der Waals surface area contributed by atoms with Gasteiger partial charge in [-0.25, -0.2) is 4.79 Å². The predicted molar refractivity (Wildman–Crippen MR) is 95.5 cm³/mol. The van der Waals surface area contributed by atoms with E-state index in [4.69, 9.17) is 0 Å². The number of allylic oxidation sites excluding steroid dienone is 5. The van der Waals surface area contributed by atoms with Crippen molar-refractivity contribution in [2.45, 2.75) is 6.92 Å². The molecule has 0 aliphatic heterocycles. The molecule has 0 bridgehead atoms. The van der Waals surface area contributed by atoms with Crippen LogP contribution in [0.3, 0.4) is 0 Å². The van der Waals surface area contributed by atoms with E-state index < -0.39 is 5.97 Å². The molecule has 0 fully saturated rings. The molecule has 0 saturated heterocycles. The summed E-state index contributed by atoms with van der Waals surface area (Å²) < 4.78 is 1.47. The second kappa shape index (κ2) is 7.80. The molecular weight excluding hydrogens is 300 g/mol. The van der Waals surface area contributed by atoms with E-state index in [0.717, 1.165) is 5.56 Å². The predicted octanol–water partition coefficient (Wildman–Crippen LogP) is 4.41. The van der Waals surface area contributed by atoms with Crippen LogP contribution < -0.4 is 0 Å². The molecule has 0 saturated carbocycles. The van der Waals surface area contributed by atoms with Gasteiger partial charge in [-0.3, -0.25) is 0 Å². The summed E-state index contributed by atoms with van der Waals surface area (Å²) >= 11 is 0. The number of nitriles is 1. The SMILES string of the molecule is C\C=C/C=C\C=C\c1ccc(-c2c(C#N)cn(C)c2C(=O)O)cc1. The van der Waals surface area contributed by atoms with Crippen molar-refractivity contribution in [1.29, 1.82) is 5.26 Å². The van der Waals surface area contributed by atoms with Crippen LogP contribution in [0.4, 0.5) is 0 Å². The molecule has 0 atom stereocenters. The molecule has 120 valence electrons. The third-order valence-corrected chi connectivity index (χ3v) is 3.52. The quantitative estimate of drug-likeness (QED) is 0.831. The second-order valence-electron chi connectivity index (χ2n) is 5.19. The van der Waals surface area contributed by atoms with E-state index in [2.05, 4.69) is 6.07 Å². The van der Waals surface area contributed by atoms with Crippen molar-refractivity contribution in [2.75, 3.05) is 0 Å². The first-order chi connectivity index (χ1) is 11.6. The Kier molecular flexibility index (Phi) is 5.54. The fraction of sp³-hybridized carbons (Fsp3) is 0.100. The van der Waals surface area contributed by atoms with Gasteiger partial charge >= 0.3 is 5.97 Å². The summed E-state index contributed by atoms with van der Waals surface area (Å²) in [4.78, 5) is 11.5. The van der Waals surface area contributed by atoms with E-state index in [1.54, 1.807) is 13.2 Å². The Morgan fingerprint density at radius 1 is 1.17 bits per heavy atom. The van der Waals surface area contributed by atoms with Crippen LogP contribution in [-0.4, -0.2) is 15.6 Å². The first-order valence-corrected chi connectivity index (χ1v) is 7.47. The molecule has 1 aromatic carbocycles. The summed E-state index contributed by atoms with van der Waals surface area (Å²) in [6.07, 6.45) is 13.2. The number of aryl methyl sites for hydroxylation is 1. The maximum absolute atomic E-state index is 11.5. The summed E-state index contributed by atoms with van der Waals surface area (Å²) in [5.41, 5.74) is 2.63. The zero-order chi connectivity index (χ0) is 17.5. The molecule has 0 aliphatic carbocycles. The van der Waals surface area contributed by atoms with Crippen LogP contribution in [0.15, 0.2) is 60.8 Å². The molecule has 4 nitrogen and oxygen atoms in total. The van der Waals surface area contributed by atoms with Crippen molar-refractivity contribution in [1.82, 2.24) is 4.57 Å². The Bertz CT molecular complexity index is 860. The number of aromatic carboxylic acids is 1. The molecule has 0 radical (unpaired) electrons. The first-order valence-electron chi connectivity index (χ1n) is 7.47. The summed E-state index contributed by atoms with van der Waals surface area (Å²) in [5.74, 6) is -1.05. The van der Waals surface area contributed by atoms with Crippen LogP contribution in [0, 0.1) is 11.3 Å². The highest BCUT2D eigenvalue weighted by Crippen LogP contribution is 2.29. The lowest BCUT2D eigenvalue weighted by molar-refractivity contribution is 0.0687. The number of nitrogens with zero attached hydrogens (tertiary/aromatic N) is 2. The van der Waals surface area contributed by atoms with E-state index >= 15 is 0 Å². The molecule has 0 unspecified atom stereocenters. The van der Waals surface area contributed by atoms with Gasteiger partial charge in [-0.1, -0.05) is 60.7 Å². The Hall–Kier alpha value is -3.32. The van der Waals surface area contributed by atoms with Crippen molar-refractivity contribution in [3.63, 3.8) is 0 Å². The molecule has 2 aromatic rings. The Morgan fingerprint density at radius 3 is 2.42 bits per heavy atom. The highest BCUT2D eigenvalue weighted by atomic mass is 16.4. The third kappa shape index (κ3) is 3.71. The summed E-state index contributed by atoms with van der Waals surface area (Å²) in [6, 6.07) is 9.52. The summed E-state index contributed by atoms with van der Waals surface area (Å²) in [5, 5.41) is 18.7. The van der Waals surface area contributed by atoms with Gasteiger partial charge in [0.15, 0.2) is 0 Å². The largest absolute Gasteiger partial charge is 0.477 e. The van der Waals surface area contributed by atoms with Gasteiger partial charge < -0.3 is 9.67 Å².